The highest BCUT2D eigenvalue weighted by Gasteiger charge is 2.29. The molecule has 0 aromatic carbocycles. The molecule has 26 heavy (non-hydrogen) atoms. The second kappa shape index (κ2) is 16.5. The summed E-state index contributed by atoms with van der Waals surface area (Å²) in [4.78, 5) is 11.6. The minimum atomic E-state index is -4.49. The first-order chi connectivity index (χ1) is 12.4. The first-order valence-corrected chi connectivity index (χ1v) is 11.7. The van der Waals surface area contributed by atoms with Gasteiger partial charge in [0.25, 0.3) is 10.1 Å². The molecule has 0 saturated heterocycles. The van der Waals surface area contributed by atoms with E-state index in [0.717, 1.165) is 32.1 Å². The zero-order chi connectivity index (χ0) is 19.7. The molecule has 6 heteroatoms. The van der Waals surface area contributed by atoms with Gasteiger partial charge in [-0.05, 0) is 32.1 Å². The smallest absolute Gasteiger partial charge is 0.277 e. The number of hydrogen-bond donors (Lipinski definition) is 2. The average molecular weight is 391 g/mol. The van der Waals surface area contributed by atoms with Crippen molar-refractivity contribution in [3.63, 3.8) is 0 Å². The Hall–Kier alpha value is -0.720. The van der Waals surface area contributed by atoms with Crippen LogP contribution in [0.3, 0.4) is 0 Å². The van der Waals surface area contributed by atoms with E-state index in [1.165, 1.54) is 44.9 Å². The SMILES string of the molecule is CCCCCCCC/C=C\CCCCCCCC(=O)C(CO)S(=O)(=O)O. The highest BCUT2D eigenvalue weighted by molar-refractivity contribution is 7.87. The molecule has 1 atom stereocenters. The second-order valence-electron chi connectivity index (χ2n) is 6.99. The van der Waals surface area contributed by atoms with E-state index in [0.29, 0.717) is 6.42 Å². The van der Waals surface area contributed by atoms with Crippen LogP contribution in [0.5, 0.6) is 0 Å². The molecule has 0 aliphatic carbocycles. The van der Waals surface area contributed by atoms with E-state index in [4.69, 9.17) is 9.66 Å². The Morgan fingerprint density at radius 3 is 1.77 bits per heavy atom. The summed E-state index contributed by atoms with van der Waals surface area (Å²) in [5, 5.41) is 7.21. The van der Waals surface area contributed by atoms with Crippen LogP contribution in [-0.4, -0.2) is 35.7 Å². The number of allylic oxidation sites excluding steroid dienone is 2. The summed E-state index contributed by atoms with van der Waals surface area (Å²) in [5.41, 5.74) is 0. The summed E-state index contributed by atoms with van der Waals surface area (Å²) >= 11 is 0. The van der Waals surface area contributed by atoms with Crippen LogP contribution in [0.4, 0.5) is 0 Å². The number of ketones is 1. The van der Waals surface area contributed by atoms with Gasteiger partial charge in [0.2, 0.25) is 0 Å². The van der Waals surface area contributed by atoms with Crippen LogP contribution in [0, 0.1) is 0 Å². The molecule has 1 unspecified atom stereocenters. The van der Waals surface area contributed by atoms with E-state index in [9.17, 15) is 13.2 Å². The average Bonchev–Trinajstić information content (AvgIpc) is 2.57. The Morgan fingerprint density at radius 2 is 1.31 bits per heavy atom. The second-order valence-corrected chi connectivity index (χ2v) is 8.59. The number of carbonyl (C=O) groups is 1. The molecule has 0 saturated carbocycles. The molecule has 0 aliphatic heterocycles. The quantitative estimate of drug-likeness (QED) is 0.198. The molecular formula is C20H38O5S. The standard InChI is InChI=1S/C20H38O5S/c1-2-3-4-5-6-7-8-9-10-11-12-13-14-15-16-17-19(22)20(18-21)26(23,24)25/h9-10,20-21H,2-8,11-18H2,1H3,(H,23,24,25)/b10-9-. The minimum Gasteiger partial charge on any atom is -0.394 e. The third kappa shape index (κ3) is 14.4. The molecule has 0 rings (SSSR count). The molecule has 0 fully saturated rings. The summed E-state index contributed by atoms with van der Waals surface area (Å²) in [7, 11) is -4.49. The largest absolute Gasteiger partial charge is 0.394 e. The summed E-state index contributed by atoms with van der Waals surface area (Å²) in [6.07, 6.45) is 19.6. The van der Waals surface area contributed by atoms with Crippen LogP contribution in [0.25, 0.3) is 0 Å². The maximum Gasteiger partial charge on any atom is 0.277 e. The Kier molecular flexibility index (Phi) is 16.0. The summed E-state index contributed by atoms with van der Waals surface area (Å²) in [6, 6.07) is 0. The van der Waals surface area contributed by atoms with E-state index in [2.05, 4.69) is 19.1 Å². The predicted octanol–water partition coefficient (Wildman–Crippen LogP) is 4.84. The van der Waals surface area contributed by atoms with Gasteiger partial charge >= 0.3 is 0 Å². The maximum atomic E-state index is 11.6. The number of carbonyl (C=O) groups excluding carboxylic acids is 1. The number of unbranched alkanes of at least 4 members (excludes halogenated alkanes) is 11. The van der Waals surface area contributed by atoms with Crippen molar-refractivity contribution in [2.45, 2.75) is 102 Å². The van der Waals surface area contributed by atoms with E-state index >= 15 is 0 Å². The summed E-state index contributed by atoms with van der Waals surface area (Å²) in [6.45, 7) is 1.38. The molecule has 0 aromatic heterocycles. The van der Waals surface area contributed by atoms with Crippen LogP contribution in [0.1, 0.15) is 96.8 Å². The van der Waals surface area contributed by atoms with Gasteiger partial charge < -0.3 is 5.11 Å². The van der Waals surface area contributed by atoms with Gasteiger partial charge in [0.1, 0.15) is 0 Å². The third-order valence-electron chi connectivity index (χ3n) is 4.57. The normalized spacial score (nSPS) is 13.3. The zero-order valence-electron chi connectivity index (χ0n) is 16.4. The Labute approximate surface area is 160 Å². The molecule has 0 radical (unpaired) electrons. The van der Waals surface area contributed by atoms with Gasteiger partial charge in [0, 0.05) is 6.42 Å². The Balaban J connectivity index is 3.48. The van der Waals surface area contributed by atoms with Crippen molar-refractivity contribution >= 4 is 15.9 Å². The molecular weight excluding hydrogens is 352 g/mol. The Bertz CT molecular complexity index is 471. The molecule has 5 nitrogen and oxygen atoms in total. The van der Waals surface area contributed by atoms with Crippen molar-refractivity contribution in [1.82, 2.24) is 0 Å². The Morgan fingerprint density at radius 1 is 0.846 bits per heavy atom. The highest BCUT2D eigenvalue weighted by atomic mass is 32.2. The van der Waals surface area contributed by atoms with Crippen molar-refractivity contribution in [3.05, 3.63) is 12.2 Å². The maximum absolute atomic E-state index is 11.6. The molecule has 0 aromatic rings. The van der Waals surface area contributed by atoms with Crippen LogP contribution in [0.2, 0.25) is 0 Å². The summed E-state index contributed by atoms with van der Waals surface area (Å²) < 4.78 is 30.7. The van der Waals surface area contributed by atoms with Gasteiger partial charge in [-0.3, -0.25) is 9.35 Å². The molecule has 0 spiro atoms. The van der Waals surface area contributed by atoms with Crippen molar-refractivity contribution in [1.29, 1.82) is 0 Å². The van der Waals surface area contributed by atoms with Gasteiger partial charge in [-0.25, -0.2) is 0 Å². The topological polar surface area (TPSA) is 91.7 Å². The van der Waals surface area contributed by atoms with Gasteiger partial charge in [-0.15, -0.1) is 0 Å². The number of Topliss-reactive ketones (excluding diaryl/α,β-unsaturated/α-hetero) is 1. The van der Waals surface area contributed by atoms with Gasteiger partial charge in [-0.1, -0.05) is 70.4 Å². The predicted molar refractivity (Wildman–Crippen MR) is 107 cm³/mol. The van der Waals surface area contributed by atoms with Crippen molar-refractivity contribution in [2.75, 3.05) is 6.61 Å². The highest BCUT2D eigenvalue weighted by Crippen LogP contribution is 2.12. The fraction of sp³-hybridized carbons (Fsp3) is 0.850. The number of rotatable bonds is 18. The van der Waals surface area contributed by atoms with Gasteiger partial charge in [-0.2, -0.15) is 8.42 Å². The monoisotopic (exact) mass is 390 g/mol. The minimum absolute atomic E-state index is 0.0865. The van der Waals surface area contributed by atoms with Crippen LogP contribution in [-0.2, 0) is 14.9 Å². The molecule has 0 aliphatic rings. The third-order valence-corrected chi connectivity index (χ3v) is 5.70. The molecule has 2 N–H and O–H groups in total. The van der Waals surface area contributed by atoms with Gasteiger partial charge in [0.05, 0.1) is 6.61 Å². The van der Waals surface area contributed by atoms with E-state index in [1.54, 1.807) is 0 Å². The van der Waals surface area contributed by atoms with Crippen molar-refractivity contribution in [2.24, 2.45) is 0 Å². The number of aliphatic hydroxyl groups is 1. The molecule has 0 bridgehead atoms. The lowest BCUT2D eigenvalue weighted by molar-refractivity contribution is -0.119. The first-order valence-electron chi connectivity index (χ1n) is 10.2. The summed E-state index contributed by atoms with van der Waals surface area (Å²) in [5.74, 6) is -0.604. The lowest BCUT2D eigenvalue weighted by atomic mass is 10.1. The molecule has 154 valence electrons. The lowest BCUT2D eigenvalue weighted by Crippen LogP contribution is -2.33. The van der Waals surface area contributed by atoms with Crippen LogP contribution in [0.15, 0.2) is 12.2 Å². The number of hydrogen-bond acceptors (Lipinski definition) is 4. The fourth-order valence-corrected chi connectivity index (χ4v) is 3.53. The molecule has 0 amide bonds. The van der Waals surface area contributed by atoms with E-state index in [-0.39, 0.29) is 6.42 Å². The number of aliphatic hydroxyl groups excluding tert-OH is 1. The van der Waals surface area contributed by atoms with Crippen LogP contribution < -0.4 is 0 Å². The van der Waals surface area contributed by atoms with E-state index in [1.807, 2.05) is 0 Å². The first kappa shape index (κ1) is 25.3. The van der Waals surface area contributed by atoms with Crippen molar-refractivity contribution < 1.29 is 22.9 Å². The van der Waals surface area contributed by atoms with Crippen molar-refractivity contribution in [3.8, 4) is 0 Å². The molecule has 0 heterocycles. The lowest BCUT2D eigenvalue weighted by Gasteiger charge is -2.09. The van der Waals surface area contributed by atoms with Crippen LogP contribution >= 0.6 is 0 Å². The fourth-order valence-electron chi connectivity index (χ4n) is 2.89. The zero-order valence-corrected chi connectivity index (χ0v) is 17.2. The van der Waals surface area contributed by atoms with Gasteiger partial charge in [0.15, 0.2) is 11.0 Å². The van der Waals surface area contributed by atoms with E-state index < -0.39 is 27.8 Å².